The number of halogens is 2. The van der Waals surface area contributed by atoms with E-state index in [-0.39, 0.29) is 13.0 Å². The third-order valence-electron chi connectivity index (χ3n) is 5.40. The standard InChI is InChI=1S/C25H21ClFN3O4/c1-34-21-4-2-3-20(13-21)30-24(32)22(14-23(31)28-19-11-7-17(26)8-12-19)29(25(30)33)15-16-5-9-18(27)10-6-16/h2-13,22H,14-15H2,1H3,(H,28,31)/t22-/m1/s1. The molecule has 1 N–H and O–H groups in total. The molecule has 1 fully saturated rings. The van der Waals surface area contributed by atoms with Gasteiger partial charge in [-0.2, -0.15) is 0 Å². The molecule has 0 unspecified atom stereocenters. The summed E-state index contributed by atoms with van der Waals surface area (Å²) < 4.78 is 18.6. The highest BCUT2D eigenvalue weighted by Crippen LogP contribution is 2.30. The Morgan fingerprint density at radius 1 is 1.06 bits per heavy atom. The smallest absolute Gasteiger partial charge is 0.332 e. The Morgan fingerprint density at radius 2 is 1.76 bits per heavy atom. The summed E-state index contributed by atoms with van der Waals surface area (Å²) in [6.07, 6.45) is -0.255. The van der Waals surface area contributed by atoms with Gasteiger partial charge in [0.2, 0.25) is 5.91 Å². The first kappa shape index (κ1) is 23.3. The van der Waals surface area contributed by atoms with Gasteiger partial charge in [-0.1, -0.05) is 29.8 Å². The number of anilines is 2. The summed E-state index contributed by atoms with van der Waals surface area (Å²) in [5.74, 6) is -0.909. The number of nitrogens with one attached hydrogen (secondary N) is 1. The van der Waals surface area contributed by atoms with E-state index in [1.807, 2.05) is 0 Å². The van der Waals surface area contributed by atoms with Gasteiger partial charge in [0.15, 0.2) is 0 Å². The molecule has 7 nitrogen and oxygen atoms in total. The number of imide groups is 1. The minimum Gasteiger partial charge on any atom is -0.497 e. The maximum absolute atomic E-state index is 13.4. The number of amides is 4. The molecule has 4 rings (SSSR count). The zero-order valence-corrected chi connectivity index (χ0v) is 19.0. The van der Waals surface area contributed by atoms with Crippen LogP contribution in [0.15, 0.2) is 72.8 Å². The number of nitrogens with zero attached hydrogens (tertiary/aromatic N) is 2. The molecule has 3 aromatic carbocycles. The Morgan fingerprint density at radius 3 is 2.44 bits per heavy atom. The van der Waals surface area contributed by atoms with Crippen molar-refractivity contribution in [2.45, 2.75) is 19.0 Å². The van der Waals surface area contributed by atoms with Crippen LogP contribution in [-0.4, -0.2) is 35.9 Å². The molecule has 0 bridgehead atoms. The summed E-state index contributed by atoms with van der Waals surface area (Å²) in [6.45, 7) is 0.0320. The lowest BCUT2D eigenvalue weighted by molar-refractivity contribution is -0.124. The lowest BCUT2D eigenvalue weighted by Gasteiger charge is -2.21. The largest absolute Gasteiger partial charge is 0.497 e. The van der Waals surface area contributed by atoms with Gasteiger partial charge in [0.1, 0.15) is 17.6 Å². The SMILES string of the molecule is COc1cccc(N2C(=O)[C@@H](CC(=O)Nc3ccc(Cl)cc3)N(Cc3ccc(F)cc3)C2=O)c1. The summed E-state index contributed by atoms with van der Waals surface area (Å²) in [4.78, 5) is 41.8. The highest BCUT2D eigenvalue weighted by atomic mass is 35.5. The fourth-order valence-corrected chi connectivity index (χ4v) is 3.83. The molecule has 0 saturated carbocycles. The predicted octanol–water partition coefficient (Wildman–Crippen LogP) is 4.85. The fourth-order valence-electron chi connectivity index (χ4n) is 3.71. The molecule has 0 aromatic heterocycles. The van der Waals surface area contributed by atoms with Crippen LogP contribution in [-0.2, 0) is 16.1 Å². The molecule has 1 aliphatic heterocycles. The van der Waals surface area contributed by atoms with Crippen molar-refractivity contribution in [1.29, 1.82) is 0 Å². The summed E-state index contributed by atoms with van der Waals surface area (Å²) in [6, 6.07) is 17.1. The number of carbonyl (C=O) groups excluding carboxylic acids is 3. The van der Waals surface area contributed by atoms with E-state index in [1.165, 1.54) is 36.3 Å². The molecule has 4 amide bonds. The molecular formula is C25H21ClFN3O4. The van der Waals surface area contributed by atoms with Crippen molar-refractivity contribution in [3.8, 4) is 5.75 Å². The van der Waals surface area contributed by atoms with Gasteiger partial charge in [0.05, 0.1) is 19.2 Å². The number of methoxy groups -OCH3 is 1. The predicted molar refractivity (Wildman–Crippen MR) is 126 cm³/mol. The van der Waals surface area contributed by atoms with Crippen LogP contribution in [0.5, 0.6) is 5.75 Å². The molecule has 0 spiro atoms. The maximum Gasteiger partial charge on any atom is 0.332 e. The second kappa shape index (κ2) is 9.93. The molecule has 9 heteroatoms. The fraction of sp³-hybridized carbons (Fsp3) is 0.160. The third kappa shape index (κ3) is 5.02. The van der Waals surface area contributed by atoms with Gasteiger partial charge in [-0.15, -0.1) is 0 Å². The summed E-state index contributed by atoms with van der Waals surface area (Å²) >= 11 is 5.88. The minimum atomic E-state index is -1.05. The number of hydrogen-bond donors (Lipinski definition) is 1. The van der Waals surface area contributed by atoms with E-state index >= 15 is 0 Å². The van der Waals surface area contributed by atoms with E-state index in [0.29, 0.717) is 27.7 Å². The van der Waals surface area contributed by atoms with E-state index in [4.69, 9.17) is 16.3 Å². The van der Waals surface area contributed by atoms with Crippen molar-refractivity contribution >= 4 is 40.8 Å². The zero-order valence-electron chi connectivity index (χ0n) is 18.2. The van der Waals surface area contributed by atoms with Gasteiger partial charge in [-0.25, -0.2) is 14.1 Å². The average molecular weight is 482 g/mol. The molecular weight excluding hydrogens is 461 g/mol. The van der Waals surface area contributed by atoms with Crippen LogP contribution >= 0.6 is 11.6 Å². The van der Waals surface area contributed by atoms with Gasteiger partial charge in [-0.3, -0.25) is 9.59 Å². The van der Waals surface area contributed by atoms with Crippen molar-refractivity contribution in [3.05, 3.63) is 89.2 Å². The maximum atomic E-state index is 13.4. The van der Waals surface area contributed by atoms with Crippen molar-refractivity contribution in [3.63, 3.8) is 0 Å². The number of carbonyl (C=O) groups is 3. The number of benzene rings is 3. The van der Waals surface area contributed by atoms with Gasteiger partial charge >= 0.3 is 6.03 Å². The van der Waals surface area contributed by atoms with Crippen LogP contribution < -0.4 is 15.0 Å². The summed E-state index contributed by atoms with van der Waals surface area (Å²) in [5.41, 5.74) is 1.47. The van der Waals surface area contributed by atoms with Gasteiger partial charge in [-0.05, 0) is 54.1 Å². The number of rotatable bonds is 7. The number of urea groups is 1. The highest BCUT2D eigenvalue weighted by molar-refractivity contribution is 6.30. The van der Waals surface area contributed by atoms with Crippen LogP contribution in [0.25, 0.3) is 0 Å². The first-order valence-corrected chi connectivity index (χ1v) is 10.8. The second-order valence-electron chi connectivity index (χ2n) is 7.69. The highest BCUT2D eigenvalue weighted by Gasteiger charge is 2.46. The van der Waals surface area contributed by atoms with Crippen molar-refractivity contribution in [1.82, 2.24) is 4.90 Å². The van der Waals surface area contributed by atoms with E-state index in [9.17, 15) is 18.8 Å². The van der Waals surface area contributed by atoms with E-state index in [2.05, 4.69) is 5.32 Å². The lowest BCUT2D eigenvalue weighted by Crippen LogP contribution is -2.37. The Balaban J connectivity index is 1.61. The molecule has 1 saturated heterocycles. The van der Waals surface area contributed by atoms with Crippen LogP contribution in [0.3, 0.4) is 0 Å². The minimum absolute atomic E-state index is 0.0320. The Labute approximate surface area is 200 Å². The molecule has 1 heterocycles. The van der Waals surface area contributed by atoms with Crippen LogP contribution in [0, 0.1) is 5.82 Å². The normalized spacial score (nSPS) is 15.6. The van der Waals surface area contributed by atoms with Crippen molar-refractivity contribution < 1.29 is 23.5 Å². The molecule has 34 heavy (non-hydrogen) atoms. The number of hydrogen-bond acceptors (Lipinski definition) is 4. The van der Waals surface area contributed by atoms with Crippen LogP contribution in [0.1, 0.15) is 12.0 Å². The number of ether oxygens (including phenoxy) is 1. The molecule has 1 aliphatic rings. The monoisotopic (exact) mass is 481 g/mol. The van der Waals surface area contributed by atoms with Gasteiger partial charge in [0.25, 0.3) is 5.91 Å². The summed E-state index contributed by atoms with van der Waals surface area (Å²) in [5, 5.41) is 3.24. The second-order valence-corrected chi connectivity index (χ2v) is 8.12. The van der Waals surface area contributed by atoms with Crippen LogP contribution in [0.2, 0.25) is 5.02 Å². The Bertz CT molecular complexity index is 1220. The van der Waals surface area contributed by atoms with Gasteiger partial charge < -0.3 is 15.0 Å². The van der Waals surface area contributed by atoms with E-state index in [1.54, 1.807) is 48.5 Å². The quantitative estimate of drug-likeness (QED) is 0.489. The zero-order chi connectivity index (χ0) is 24.2. The van der Waals surface area contributed by atoms with Crippen molar-refractivity contribution in [2.75, 3.05) is 17.3 Å². The third-order valence-corrected chi connectivity index (χ3v) is 5.66. The lowest BCUT2D eigenvalue weighted by atomic mass is 10.1. The first-order valence-electron chi connectivity index (χ1n) is 10.4. The van der Waals surface area contributed by atoms with Gasteiger partial charge in [0, 0.05) is 23.3 Å². The average Bonchev–Trinajstić information content (AvgIpc) is 3.05. The molecule has 174 valence electrons. The molecule has 0 radical (unpaired) electrons. The molecule has 3 aromatic rings. The van der Waals surface area contributed by atoms with E-state index in [0.717, 1.165) is 4.90 Å². The topological polar surface area (TPSA) is 79.0 Å². The van der Waals surface area contributed by atoms with E-state index < -0.39 is 29.7 Å². The van der Waals surface area contributed by atoms with Crippen LogP contribution in [0.4, 0.5) is 20.6 Å². The van der Waals surface area contributed by atoms with Crippen molar-refractivity contribution in [2.24, 2.45) is 0 Å². The first-order chi connectivity index (χ1) is 16.4. The summed E-state index contributed by atoms with van der Waals surface area (Å²) in [7, 11) is 1.48. The molecule has 0 aliphatic carbocycles. The Kier molecular flexibility index (Phi) is 6.79. The Hall–Kier alpha value is -3.91. The molecule has 1 atom stereocenters.